The number of hydrogen-bond acceptors (Lipinski definition) is 6. The minimum atomic E-state index is -0.754. The summed E-state index contributed by atoms with van der Waals surface area (Å²) in [5, 5.41) is 14.5. The van der Waals surface area contributed by atoms with Crippen molar-refractivity contribution < 1.29 is 14.4 Å². The van der Waals surface area contributed by atoms with Crippen molar-refractivity contribution in [2.75, 3.05) is 20.1 Å². The van der Waals surface area contributed by atoms with Gasteiger partial charge in [0.25, 0.3) is 0 Å². The Kier molecular flexibility index (Phi) is 5.74. The number of rotatable bonds is 5. The van der Waals surface area contributed by atoms with Crippen LogP contribution in [0.4, 0.5) is 0 Å². The Balaban J connectivity index is 1.50. The predicted octanol–water partition coefficient (Wildman–Crippen LogP) is 1.89. The van der Waals surface area contributed by atoms with E-state index in [0.717, 1.165) is 58.0 Å². The summed E-state index contributed by atoms with van der Waals surface area (Å²) in [6, 6.07) is 0.408. The fourth-order valence-electron chi connectivity index (χ4n) is 4.13. The Morgan fingerprint density at radius 1 is 1.32 bits per heavy atom. The number of aliphatic hydroxyl groups is 1. The molecule has 0 unspecified atom stereocenters. The van der Waals surface area contributed by atoms with Crippen molar-refractivity contribution in [1.82, 2.24) is 19.9 Å². The Hall–Kier alpha value is -1.47. The third kappa shape index (κ3) is 4.79. The summed E-state index contributed by atoms with van der Waals surface area (Å²) >= 11 is 0. The molecule has 0 radical (unpaired) electrons. The Morgan fingerprint density at radius 3 is 2.76 bits per heavy atom. The van der Waals surface area contributed by atoms with E-state index in [9.17, 15) is 9.90 Å². The largest absolute Gasteiger partial charge is 0.389 e. The van der Waals surface area contributed by atoms with Gasteiger partial charge in [-0.2, -0.15) is 4.98 Å². The minimum absolute atomic E-state index is 0.112. The fraction of sp³-hybridized carbons (Fsp3) is 0.833. The monoisotopic (exact) mass is 350 g/mol. The van der Waals surface area contributed by atoms with Gasteiger partial charge in [0.1, 0.15) is 0 Å². The van der Waals surface area contributed by atoms with Crippen molar-refractivity contribution in [1.29, 1.82) is 0 Å². The zero-order valence-electron chi connectivity index (χ0n) is 15.4. The lowest BCUT2D eigenvalue weighted by Gasteiger charge is -2.28. The second kappa shape index (κ2) is 7.83. The van der Waals surface area contributed by atoms with Crippen molar-refractivity contribution in [2.45, 2.75) is 76.5 Å². The molecule has 1 aliphatic carbocycles. The first-order valence-corrected chi connectivity index (χ1v) is 9.45. The second-order valence-corrected chi connectivity index (χ2v) is 7.72. The number of amides is 1. The van der Waals surface area contributed by atoms with Crippen LogP contribution in [-0.2, 0) is 11.3 Å². The third-order valence-electron chi connectivity index (χ3n) is 5.65. The zero-order valence-corrected chi connectivity index (χ0v) is 15.4. The van der Waals surface area contributed by atoms with Gasteiger partial charge in [-0.15, -0.1) is 0 Å². The first-order chi connectivity index (χ1) is 12.0. The van der Waals surface area contributed by atoms with Gasteiger partial charge in [0.05, 0.1) is 18.6 Å². The molecule has 0 spiro atoms. The highest BCUT2D eigenvalue weighted by Gasteiger charge is 2.35. The SMILES string of the molecule is Cc1nc(CN(C)[C@H]2CCCN(C(=O)CC3(O)CCCC3)CC2)no1. The van der Waals surface area contributed by atoms with E-state index in [0.29, 0.717) is 24.3 Å². The van der Waals surface area contributed by atoms with E-state index in [2.05, 4.69) is 22.1 Å². The summed E-state index contributed by atoms with van der Waals surface area (Å²) < 4.78 is 5.03. The molecule has 25 heavy (non-hydrogen) atoms. The highest BCUT2D eigenvalue weighted by atomic mass is 16.5. The van der Waals surface area contributed by atoms with Gasteiger partial charge in [-0.25, -0.2) is 0 Å². The molecule has 2 heterocycles. The molecular weight excluding hydrogens is 320 g/mol. The van der Waals surface area contributed by atoms with Crippen LogP contribution in [0.2, 0.25) is 0 Å². The normalized spacial score (nSPS) is 23.8. The van der Waals surface area contributed by atoms with Crippen LogP contribution in [-0.4, -0.2) is 62.7 Å². The number of hydrogen-bond donors (Lipinski definition) is 1. The Bertz CT molecular complexity index is 583. The van der Waals surface area contributed by atoms with Crippen LogP contribution in [0, 0.1) is 6.92 Å². The number of carbonyl (C=O) groups excluding carboxylic acids is 1. The van der Waals surface area contributed by atoms with Gasteiger partial charge in [0.2, 0.25) is 11.8 Å². The topological polar surface area (TPSA) is 82.7 Å². The number of carbonyl (C=O) groups is 1. The summed E-state index contributed by atoms with van der Waals surface area (Å²) in [6.07, 6.45) is 6.88. The lowest BCUT2D eigenvalue weighted by molar-refractivity contribution is -0.136. The highest BCUT2D eigenvalue weighted by molar-refractivity contribution is 5.77. The van der Waals surface area contributed by atoms with E-state index in [1.54, 1.807) is 6.92 Å². The Labute approximate surface area is 149 Å². The molecule has 140 valence electrons. The van der Waals surface area contributed by atoms with Crippen molar-refractivity contribution >= 4 is 5.91 Å². The Morgan fingerprint density at radius 2 is 2.08 bits per heavy atom. The molecule has 1 N–H and O–H groups in total. The molecule has 3 rings (SSSR count). The lowest BCUT2D eigenvalue weighted by atomic mass is 9.97. The smallest absolute Gasteiger partial charge is 0.225 e. The summed E-state index contributed by atoms with van der Waals surface area (Å²) in [6.45, 7) is 4.01. The quantitative estimate of drug-likeness (QED) is 0.873. The number of aryl methyl sites for hydroxylation is 1. The molecule has 2 fully saturated rings. The average Bonchev–Trinajstić information content (AvgIpc) is 3.07. The highest BCUT2D eigenvalue weighted by Crippen LogP contribution is 2.33. The van der Waals surface area contributed by atoms with E-state index in [4.69, 9.17) is 4.52 Å². The van der Waals surface area contributed by atoms with Crippen LogP contribution in [0.1, 0.15) is 63.1 Å². The van der Waals surface area contributed by atoms with Gasteiger partial charge in [-0.05, 0) is 39.2 Å². The molecule has 7 heteroatoms. The van der Waals surface area contributed by atoms with Crippen LogP contribution in [0.25, 0.3) is 0 Å². The van der Waals surface area contributed by atoms with E-state index >= 15 is 0 Å². The molecule has 1 atom stereocenters. The number of likely N-dealkylation sites (tertiary alicyclic amines) is 1. The third-order valence-corrected chi connectivity index (χ3v) is 5.65. The number of aromatic nitrogens is 2. The molecule has 7 nitrogen and oxygen atoms in total. The van der Waals surface area contributed by atoms with Crippen LogP contribution >= 0.6 is 0 Å². The molecule has 1 saturated carbocycles. The maximum Gasteiger partial charge on any atom is 0.225 e. The minimum Gasteiger partial charge on any atom is -0.389 e. The molecular formula is C18H30N4O3. The molecule has 1 saturated heterocycles. The van der Waals surface area contributed by atoms with Crippen LogP contribution in [0.5, 0.6) is 0 Å². The van der Waals surface area contributed by atoms with Crippen LogP contribution in [0.3, 0.4) is 0 Å². The van der Waals surface area contributed by atoms with Gasteiger partial charge in [0, 0.05) is 26.1 Å². The molecule has 0 aromatic carbocycles. The van der Waals surface area contributed by atoms with Crippen LogP contribution in [0.15, 0.2) is 4.52 Å². The van der Waals surface area contributed by atoms with Gasteiger partial charge in [-0.3, -0.25) is 9.69 Å². The van der Waals surface area contributed by atoms with E-state index in [1.165, 1.54) is 0 Å². The van der Waals surface area contributed by atoms with Gasteiger partial charge >= 0.3 is 0 Å². The van der Waals surface area contributed by atoms with Crippen molar-refractivity contribution in [2.24, 2.45) is 0 Å². The summed E-state index contributed by atoms with van der Waals surface area (Å²) in [5.41, 5.74) is -0.754. The van der Waals surface area contributed by atoms with E-state index in [-0.39, 0.29) is 12.3 Å². The zero-order chi connectivity index (χ0) is 17.9. The maximum absolute atomic E-state index is 12.6. The standard InChI is InChI=1S/C18H30N4O3/c1-14-19-16(20-25-14)13-21(2)15-6-5-10-22(11-7-15)17(23)12-18(24)8-3-4-9-18/h15,24H,3-13H2,1-2H3/t15-/m0/s1. The molecule has 1 aromatic heterocycles. The van der Waals surface area contributed by atoms with Crippen molar-refractivity contribution in [3.8, 4) is 0 Å². The molecule has 1 aliphatic heterocycles. The van der Waals surface area contributed by atoms with Gasteiger partial charge in [0.15, 0.2) is 5.82 Å². The molecule has 1 amide bonds. The van der Waals surface area contributed by atoms with Crippen LogP contribution < -0.4 is 0 Å². The van der Waals surface area contributed by atoms with Crippen molar-refractivity contribution in [3.05, 3.63) is 11.7 Å². The summed E-state index contributed by atoms with van der Waals surface area (Å²) in [7, 11) is 2.08. The van der Waals surface area contributed by atoms with Crippen molar-refractivity contribution in [3.63, 3.8) is 0 Å². The van der Waals surface area contributed by atoms with Gasteiger partial charge in [-0.1, -0.05) is 18.0 Å². The summed E-state index contributed by atoms with van der Waals surface area (Å²) in [4.78, 5) is 21.1. The maximum atomic E-state index is 12.6. The van der Waals surface area contributed by atoms with E-state index in [1.807, 2.05) is 4.90 Å². The molecule has 1 aromatic rings. The van der Waals surface area contributed by atoms with Gasteiger partial charge < -0.3 is 14.5 Å². The predicted molar refractivity (Wildman–Crippen MR) is 92.8 cm³/mol. The number of nitrogens with zero attached hydrogens (tertiary/aromatic N) is 4. The summed E-state index contributed by atoms with van der Waals surface area (Å²) in [5.74, 6) is 1.41. The average molecular weight is 350 g/mol. The van der Waals surface area contributed by atoms with E-state index < -0.39 is 5.60 Å². The lowest BCUT2D eigenvalue weighted by Crippen LogP contribution is -2.39. The first kappa shape index (κ1) is 18.3. The first-order valence-electron chi connectivity index (χ1n) is 9.45. The molecule has 2 aliphatic rings. The molecule has 0 bridgehead atoms. The fourth-order valence-corrected chi connectivity index (χ4v) is 4.13. The second-order valence-electron chi connectivity index (χ2n) is 7.72.